The third kappa shape index (κ3) is 24.7. The molecule has 0 saturated carbocycles. The predicted molar refractivity (Wildman–Crippen MR) is 423 cm³/mol. The maximum absolute atomic E-state index is 16.3. The number of ketones is 2. The molecular weight excluding hydrogens is 1480 g/mol. The van der Waals surface area contributed by atoms with E-state index >= 15 is 33.2 Å². The molecule has 5 aliphatic rings. The van der Waals surface area contributed by atoms with Gasteiger partial charge in [0.05, 0.1) is 79.5 Å². The number of carbonyl (C=O) groups excluding carboxylic acids is 12. The Balaban J connectivity index is 0.0000151. The molecule has 9 N–H and O–H groups in total. The first-order valence-corrected chi connectivity index (χ1v) is 39.5. The van der Waals surface area contributed by atoms with Crippen molar-refractivity contribution in [2.24, 2.45) is 5.92 Å². The van der Waals surface area contributed by atoms with E-state index in [1.54, 1.807) is 67.7 Å². The predicted octanol–water partition coefficient (Wildman–Crippen LogP) is 2.74. The minimum Gasteiger partial charge on any atom is -0.497 e. The molecule has 2 fully saturated rings. The second kappa shape index (κ2) is 41.4. The number of quaternary nitrogens is 1. The van der Waals surface area contributed by atoms with Crippen LogP contribution in [0.3, 0.4) is 0 Å². The smallest absolute Gasteiger partial charge is 0.246 e. The molecule has 1 aromatic heterocycles. The summed E-state index contributed by atoms with van der Waals surface area (Å²) in [7, 11) is 7.60. The van der Waals surface area contributed by atoms with Crippen LogP contribution >= 0.6 is 0 Å². The van der Waals surface area contributed by atoms with Gasteiger partial charge in [-0.2, -0.15) is 0 Å². The van der Waals surface area contributed by atoms with E-state index in [0.29, 0.717) is 93.5 Å². The lowest BCUT2D eigenvalue weighted by Gasteiger charge is -2.37. The van der Waals surface area contributed by atoms with Crippen LogP contribution in [-0.2, 0) is 117 Å². The number of hydrogen-bond donors (Lipinski definition) is 9. The molecule has 10 amide bonds. The van der Waals surface area contributed by atoms with Crippen molar-refractivity contribution >= 4 is 81.5 Å². The highest BCUT2D eigenvalue weighted by Gasteiger charge is 2.50. The van der Waals surface area contributed by atoms with Crippen LogP contribution in [0.25, 0.3) is 10.9 Å². The molecule has 5 aliphatic heterocycles. The van der Waals surface area contributed by atoms with Gasteiger partial charge in [0.2, 0.25) is 59.1 Å². The van der Waals surface area contributed by atoms with E-state index in [9.17, 15) is 33.9 Å². The van der Waals surface area contributed by atoms with E-state index in [0.717, 1.165) is 12.1 Å². The number of ether oxygens (including phenoxy) is 5. The van der Waals surface area contributed by atoms with Gasteiger partial charge in [-0.1, -0.05) is 48.5 Å². The molecule has 30 nitrogen and oxygen atoms in total. The summed E-state index contributed by atoms with van der Waals surface area (Å²) in [5, 5.41) is 34.1. The number of aliphatic hydroxyl groups excluding tert-OH is 1. The number of aliphatic hydroxyl groups is 1. The first kappa shape index (κ1) is 88.7. The van der Waals surface area contributed by atoms with Crippen molar-refractivity contribution < 1.29 is 95.2 Å². The Morgan fingerprint density at radius 3 is 2.22 bits per heavy atom. The molecule has 0 unspecified atom stereocenters. The highest BCUT2D eigenvalue weighted by atomic mass is 19.1. The summed E-state index contributed by atoms with van der Waals surface area (Å²) in [6, 6.07) is 13.8. The fourth-order valence-corrected chi connectivity index (χ4v) is 15.1. The molecule has 0 radical (unpaired) electrons. The maximum Gasteiger partial charge on any atom is 0.246 e. The lowest BCUT2D eigenvalue weighted by Crippen LogP contribution is -2.63. The van der Waals surface area contributed by atoms with Crippen LogP contribution in [0.2, 0.25) is 0 Å². The van der Waals surface area contributed by atoms with E-state index in [-0.39, 0.29) is 130 Å². The zero-order valence-electron chi connectivity index (χ0n) is 67.2. The number of aromatic nitrogens is 1. The van der Waals surface area contributed by atoms with Crippen molar-refractivity contribution in [3.63, 3.8) is 0 Å². The normalized spacial score (nSPS) is 24.3. The molecule has 31 heteroatoms. The Labute approximate surface area is 670 Å². The minimum atomic E-state index is -1.85. The number of likely N-dealkylation sites (N-methyl/N-ethyl adjacent to an activating group) is 1. The van der Waals surface area contributed by atoms with Crippen molar-refractivity contribution in [3.05, 3.63) is 138 Å². The number of nitrogens with one attached hydrogen (secondary N) is 8. The van der Waals surface area contributed by atoms with Gasteiger partial charge in [0.1, 0.15) is 72.0 Å². The zero-order chi connectivity index (χ0) is 81.8. The molecule has 4 aromatic carbocycles. The number of benzene rings is 4. The van der Waals surface area contributed by atoms with E-state index < -0.39 is 150 Å². The monoisotopic (exact) mass is 1600 g/mol. The van der Waals surface area contributed by atoms with Crippen LogP contribution in [0.4, 0.5) is 4.39 Å². The third-order valence-electron chi connectivity index (χ3n) is 21.7. The third-order valence-corrected chi connectivity index (χ3v) is 21.7. The number of hydrogen-bond acceptors (Lipinski definition) is 18. The largest absolute Gasteiger partial charge is 0.497 e. The molecule has 115 heavy (non-hydrogen) atoms. The van der Waals surface area contributed by atoms with Gasteiger partial charge in [0.25, 0.3) is 0 Å². The molecule has 0 aliphatic carbocycles. The second-order valence-electron chi connectivity index (χ2n) is 31.5. The lowest BCUT2D eigenvalue weighted by atomic mass is 9.88. The van der Waals surface area contributed by atoms with Crippen molar-refractivity contribution in [2.75, 3.05) is 101 Å². The topological polar surface area (TPSA) is 379 Å². The summed E-state index contributed by atoms with van der Waals surface area (Å²) >= 11 is 0. The molecule has 10 atom stereocenters. The summed E-state index contributed by atoms with van der Waals surface area (Å²) in [5.41, 5.74) is 2.57. The summed E-state index contributed by atoms with van der Waals surface area (Å²) in [6.45, 7) is 5.19. The summed E-state index contributed by atoms with van der Waals surface area (Å²) in [6.07, 6.45) is -1.22. The minimum absolute atomic E-state index is 0. The number of rotatable bonds is 15. The quantitative estimate of drug-likeness (QED) is 0.0413. The van der Waals surface area contributed by atoms with Gasteiger partial charge in [0, 0.05) is 101 Å². The Morgan fingerprint density at radius 1 is 0.713 bits per heavy atom. The standard InChI is InChI=1S/C83H109FN12O18.CH3/c1-51-76(103)91-66(48-87-71(100)28-36-111-38-39-112-37-34-96(4,5)6)77(104)89-64-42-55-12-10-13-56(40-55)47-86-73(102)50-114-69-27-33-94-75(69)79(106)92-74(52(2)97)78(105)90-65(41-53-15-22-62(110-7)23-16-53)81(108)95-32-11-29-83(95,3)82(109)85-30-26-54-14-17-57(18-20-61(98)21-25-72(101)88-51)70(43-54)113-35-9-8-31-93-49-59(44-58(80(94)107)45-68(64)99)63-46-60(84)19-24-67(63)93;/h10,12-17,19,22-24,40,43,46,49,51-52,58,64-66,69,74-75,97H,8-9,11,18,20-21,25-39,41-42,44-45,47-48,50H2,1-7H3,(H7-,85,86,87,88,89,90,91,92,100,101,102,103,104,105,106,109);1H3/q;-1/p+1/t51-,52+,58+,64-,65-,66+,69-,74-,75-,83-;/m0./s1. The van der Waals surface area contributed by atoms with E-state index in [1.807, 2.05) is 43.9 Å². The fourth-order valence-electron chi connectivity index (χ4n) is 15.1. The van der Waals surface area contributed by atoms with Crippen LogP contribution in [-0.4, -0.2) is 249 Å². The zero-order valence-corrected chi connectivity index (χ0v) is 67.2. The molecule has 2 saturated heterocycles. The number of nitrogens with zero attached hydrogens (tertiary/aromatic N) is 4. The summed E-state index contributed by atoms with van der Waals surface area (Å²) in [5.74, 6) is -9.84. The van der Waals surface area contributed by atoms with Crippen molar-refractivity contribution in [3.8, 4) is 11.5 Å². The molecule has 10 rings (SSSR count). The Morgan fingerprint density at radius 2 is 1.46 bits per heavy atom. The van der Waals surface area contributed by atoms with Crippen LogP contribution in [0, 0.1) is 19.2 Å². The van der Waals surface area contributed by atoms with Gasteiger partial charge in [-0.3, -0.25) is 57.5 Å². The first-order chi connectivity index (χ1) is 54.5. The number of halogens is 1. The fraction of sp³-hybridized carbons (Fsp3) is 0.536. The number of methoxy groups -OCH3 is 1. The molecule has 0 spiro atoms. The van der Waals surface area contributed by atoms with Crippen LogP contribution < -0.4 is 52.0 Å². The maximum atomic E-state index is 16.3. The van der Waals surface area contributed by atoms with E-state index in [1.165, 1.54) is 42.9 Å². The van der Waals surface area contributed by atoms with Gasteiger partial charge in [-0.15, -0.1) is 0 Å². The second-order valence-corrected chi connectivity index (χ2v) is 31.5. The molecule has 6 heterocycles. The Bertz CT molecular complexity index is 4300. The molecule has 11 bridgehead atoms. The van der Waals surface area contributed by atoms with Gasteiger partial charge in [0.15, 0.2) is 5.78 Å². The molecule has 624 valence electrons. The SMILES string of the molecule is COc1ccc(C[C@@H]2NC(=O)[C@H]([C@@H](C)O)NC(=O)[C@@H]3[C@@H]4CCN3C(=O)[C@H]3CC(=O)[C@H](Cc5cccc(c5)CNC(=O)CO4)NC(=O)[C@@H](CNC(=O)CCOCCOCC[N+](C)(C)C)NC(=O)[C@H](C)NC(=O)CCC(=O)CCc4ccc(cc4OCCCCn4cc(c5cc(F)ccc54)C3)CCNC(=O)[C@]3(C)CCCN3C2=O)cc1.[CH3-]. The van der Waals surface area contributed by atoms with Gasteiger partial charge >= 0.3 is 0 Å². The van der Waals surface area contributed by atoms with Crippen LogP contribution in [0.5, 0.6) is 11.5 Å². The summed E-state index contributed by atoms with van der Waals surface area (Å²) < 4.78 is 48.1. The first-order valence-electron chi connectivity index (χ1n) is 39.5. The van der Waals surface area contributed by atoms with Crippen LogP contribution in [0.1, 0.15) is 118 Å². The average molecular weight is 1600 g/mol. The van der Waals surface area contributed by atoms with E-state index in [2.05, 4.69) is 42.5 Å². The van der Waals surface area contributed by atoms with Crippen LogP contribution in [0.15, 0.2) is 91.1 Å². The lowest BCUT2D eigenvalue weighted by molar-refractivity contribution is -0.870. The van der Waals surface area contributed by atoms with Crippen molar-refractivity contribution in [1.82, 2.24) is 56.9 Å². The number of amides is 10. The van der Waals surface area contributed by atoms with Gasteiger partial charge in [-0.25, -0.2) is 4.39 Å². The number of fused-ring (bicyclic) bond motifs is 11. The van der Waals surface area contributed by atoms with Gasteiger partial charge in [-0.05, 0) is 148 Å². The Hall–Kier alpha value is -10.2. The van der Waals surface area contributed by atoms with Gasteiger partial charge < -0.3 is 97.6 Å². The summed E-state index contributed by atoms with van der Waals surface area (Å²) in [4.78, 5) is 180. The highest BCUT2D eigenvalue weighted by molar-refractivity contribution is 6.00. The van der Waals surface area contributed by atoms with E-state index in [4.69, 9.17) is 23.7 Å². The van der Waals surface area contributed by atoms with Crippen molar-refractivity contribution in [1.29, 1.82) is 0 Å². The van der Waals surface area contributed by atoms with Crippen molar-refractivity contribution in [2.45, 2.75) is 184 Å². The average Bonchev–Trinajstić information content (AvgIpc) is 1.66. The number of Topliss-reactive ketones (excluding diaryl/α,β-unsaturated/α-hetero) is 2. The number of aryl methyl sites for hydroxylation is 2. The molecular formula is C84H113FN12O18. The Kier molecular flexibility index (Phi) is 31.9. The number of carbonyl (C=O) groups is 12. The molecule has 5 aromatic rings. The highest BCUT2D eigenvalue weighted by Crippen LogP contribution is 2.34.